The molecular formula is C15H13BrN2O3. The quantitative estimate of drug-likeness (QED) is 0.666. The summed E-state index contributed by atoms with van der Waals surface area (Å²) in [5.74, 6) is -0.381. The van der Waals surface area contributed by atoms with Gasteiger partial charge in [-0.2, -0.15) is 0 Å². The molecule has 2 aromatic carbocycles. The lowest BCUT2D eigenvalue weighted by Crippen LogP contribution is -2.13. The lowest BCUT2D eigenvalue weighted by atomic mass is 10.1. The summed E-state index contributed by atoms with van der Waals surface area (Å²) in [4.78, 5) is 22.7. The molecule has 108 valence electrons. The molecule has 21 heavy (non-hydrogen) atoms. The Morgan fingerprint density at radius 1 is 1.14 bits per heavy atom. The highest BCUT2D eigenvalue weighted by atomic mass is 79.9. The number of benzene rings is 2. The SMILES string of the molecule is Cc1cc(Br)cc(C(=O)Nc2cc(C)ccc2[N+](=O)[O-])c1. The number of nitro groups is 1. The second-order valence-corrected chi connectivity index (χ2v) is 5.66. The highest BCUT2D eigenvalue weighted by Gasteiger charge is 2.17. The van der Waals surface area contributed by atoms with E-state index in [-0.39, 0.29) is 17.3 Å². The molecule has 0 fully saturated rings. The Labute approximate surface area is 130 Å². The van der Waals surface area contributed by atoms with Gasteiger partial charge in [0, 0.05) is 16.1 Å². The zero-order valence-corrected chi connectivity index (χ0v) is 13.1. The zero-order chi connectivity index (χ0) is 15.6. The number of nitrogens with one attached hydrogen (secondary N) is 1. The summed E-state index contributed by atoms with van der Waals surface area (Å²) >= 11 is 3.33. The van der Waals surface area contributed by atoms with Crippen LogP contribution in [0.5, 0.6) is 0 Å². The van der Waals surface area contributed by atoms with E-state index in [9.17, 15) is 14.9 Å². The molecular weight excluding hydrogens is 336 g/mol. The van der Waals surface area contributed by atoms with Gasteiger partial charge in [-0.15, -0.1) is 0 Å². The van der Waals surface area contributed by atoms with Crippen LogP contribution in [0, 0.1) is 24.0 Å². The number of carbonyl (C=O) groups excluding carboxylic acids is 1. The molecule has 0 aliphatic carbocycles. The van der Waals surface area contributed by atoms with Crippen molar-refractivity contribution in [2.24, 2.45) is 0 Å². The minimum Gasteiger partial charge on any atom is -0.316 e. The van der Waals surface area contributed by atoms with Gasteiger partial charge in [-0.1, -0.05) is 22.0 Å². The summed E-state index contributed by atoms with van der Waals surface area (Å²) < 4.78 is 0.784. The molecule has 0 aliphatic rings. The van der Waals surface area contributed by atoms with E-state index in [0.717, 1.165) is 15.6 Å². The van der Waals surface area contributed by atoms with Gasteiger partial charge in [0.05, 0.1) is 4.92 Å². The minimum absolute atomic E-state index is 0.124. The van der Waals surface area contributed by atoms with Crippen molar-refractivity contribution in [1.82, 2.24) is 0 Å². The minimum atomic E-state index is -0.513. The Hall–Kier alpha value is -2.21. The van der Waals surface area contributed by atoms with E-state index in [1.807, 2.05) is 19.9 Å². The third-order valence-electron chi connectivity index (χ3n) is 2.90. The number of carbonyl (C=O) groups is 1. The van der Waals surface area contributed by atoms with Crippen LogP contribution < -0.4 is 5.32 Å². The smallest absolute Gasteiger partial charge is 0.292 e. The lowest BCUT2D eigenvalue weighted by molar-refractivity contribution is -0.383. The Bertz CT molecular complexity index is 709. The fourth-order valence-corrected chi connectivity index (χ4v) is 2.58. The lowest BCUT2D eigenvalue weighted by Gasteiger charge is -2.08. The maximum Gasteiger partial charge on any atom is 0.292 e. The number of hydrogen-bond acceptors (Lipinski definition) is 3. The Morgan fingerprint density at radius 2 is 1.86 bits per heavy atom. The average molecular weight is 349 g/mol. The van der Waals surface area contributed by atoms with E-state index in [1.54, 1.807) is 24.3 Å². The molecule has 0 spiro atoms. The monoisotopic (exact) mass is 348 g/mol. The van der Waals surface area contributed by atoms with Crippen molar-refractivity contribution < 1.29 is 9.72 Å². The molecule has 0 atom stereocenters. The fraction of sp³-hybridized carbons (Fsp3) is 0.133. The van der Waals surface area contributed by atoms with Gasteiger partial charge in [-0.05, 0) is 49.2 Å². The van der Waals surface area contributed by atoms with Gasteiger partial charge in [0.25, 0.3) is 11.6 Å². The Morgan fingerprint density at radius 3 is 2.48 bits per heavy atom. The molecule has 1 N–H and O–H groups in total. The van der Waals surface area contributed by atoms with Crippen LogP contribution in [0.3, 0.4) is 0 Å². The van der Waals surface area contributed by atoms with Crippen LogP contribution in [-0.4, -0.2) is 10.8 Å². The van der Waals surface area contributed by atoms with Crippen LogP contribution in [0.4, 0.5) is 11.4 Å². The molecule has 0 unspecified atom stereocenters. The molecule has 0 aromatic heterocycles. The third-order valence-corrected chi connectivity index (χ3v) is 3.36. The van der Waals surface area contributed by atoms with Crippen molar-refractivity contribution in [2.45, 2.75) is 13.8 Å². The maximum atomic E-state index is 12.3. The highest BCUT2D eigenvalue weighted by molar-refractivity contribution is 9.10. The van der Waals surface area contributed by atoms with E-state index in [2.05, 4.69) is 21.2 Å². The van der Waals surface area contributed by atoms with E-state index >= 15 is 0 Å². The Balaban J connectivity index is 2.35. The van der Waals surface area contributed by atoms with Crippen molar-refractivity contribution in [3.8, 4) is 0 Å². The van der Waals surface area contributed by atoms with Gasteiger partial charge < -0.3 is 5.32 Å². The highest BCUT2D eigenvalue weighted by Crippen LogP contribution is 2.26. The van der Waals surface area contributed by atoms with E-state index in [1.165, 1.54) is 6.07 Å². The fourth-order valence-electron chi connectivity index (χ4n) is 1.97. The third kappa shape index (κ3) is 3.66. The molecule has 0 saturated carbocycles. The van der Waals surface area contributed by atoms with Crippen LogP contribution in [0.25, 0.3) is 0 Å². The molecule has 0 aliphatic heterocycles. The normalized spacial score (nSPS) is 10.2. The number of aryl methyl sites for hydroxylation is 2. The predicted octanol–water partition coefficient (Wildman–Crippen LogP) is 4.23. The second kappa shape index (κ2) is 6.05. The maximum absolute atomic E-state index is 12.3. The molecule has 2 rings (SSSR count). The van der Waals surface area contributed by atoms with Crippen molar-refractivity contribution in [1.29, 1.82) is 0 Å². The molecule has 0 bridgehead atoms. The van der Waals surface area contributed by atoms with Crippen molar-refractivity contribution in [3.05, 3.63) is 67.7 Å². The molecule has 5 nitrogen and oxygen atoms in total. The number of nitrogens with zero attached hydrogens (tertiary/aromatic N) is 1. The topological polar surface area (TPSA) is 72.2 Å². The summed E-state index contributed by atoms with van der Waals surface area (Å²) in [6.45, 7) is 3.68. The van der Waals surface area contributed by atoms with Crippen LogP contribution in [0.2, 0.25) is 0 Å². The number of hydrogen-bond donors (Lipinski definition) is 1. The summed E-state index contributed by atoms with van der Waals surface area (Å²) in [5, 5.41) is 13.6. The van der Waals surface area contributed by atoms with E-state index in [0.29, 0.717) is 5.56 Å². The van der Waals surface area contributed by atoms with Gasteiger partial charge in [-0.25, -0.2) is 0 Å². The molecule has 0 radical (unpaired) electrons. The summed E-state index contributed by atoms with van der Waals surface area (Å²) in [6.07, 6.45) is 0. The van der Waals surface area contributed by atoms with Crippen molar-refractivity contribution in [2.75, 3.05) is 5.32 Å². The zero-order valence-electron chi connectivity index (χ0n) is 11.5. The standard InChI is InChI=1S/C15H13BrN2O3/c1-9-3-4-14(18(20)21)13(7-9)17-15(19)11-5-10(2)6-12(16)8-11/h3-8H,1-2H3,(H,17,19). The molecule has 2 aromatic rings. The number of halogens is 1. The molecule has 6 heteroatoms. The van der Waals surface area contributed by atoms with Gasteiger partial charge in [0.2, 0.25) is 0 Å². The predicted molar refractivity (Wildman–Crippen MR) is 84.7 cm³/mol. The van der Waals surface area contributed by atoms with Crippen molar-refractivity contribution >= 4 is 33.2 Å². The first-order valence-electron chi connectivity index (χ1n) is 6.20. The van der Waals surface area contributed by atoms with Gasteiger partial charge in [0.15, 0.2) is 0 Å². The number of nitro benzene ring substituents is 1. The van der Waals surface area contributed by atoms with Crippen molar-refractivity contribution in [3.63, 3.8) is 0 Å². The van der Waals surface area contributed by atoms with Gasteiger partial charge >= 0.3 is 0 Å². The summed E-state index contributed by atoms with van der Waals surface area (Å²) in [6, 6.07) is 9.88. The first kappa shape index (κ1) is 15.2. The van der Waals surface area contributed by atoms with Crippen LogP contribution in [-0.2, 0) is 0 Å². The molecule has 0 saturated heterocycles. The van der Waals surface area contributed by atoms with Crippen LogP contribution >= 0.6 is 15.9 Å². The number of anilines is 1. The summed E-state index contributed by atoms with van der Waals surface area (Å²) in [7, 11) is 0. The average Bonchev–Trinajstić information content (AvgIpc) is 2.37. The Kier molecular flexibility index (Phi) is 4.37. The second-order valence-electron chi connectivity index (χ2n) is 4.75. The number of amides is 1. The number of rotatable bonds is 3. The summed E-state index contributed by atoms with van der Waals surface area (Å²) in [5.41, 5.74) is 2.27. The van der Waals surface area contributed by atoms with Crippen LogP contribution in [0.15, 0.2) is 40.9 Å². The van der Waals surface area contributed by atoms with E-state index in [4.69, 9.17) is 0 Å². The first-order chi connectivity index (χ1) is 9.86. The first-order valence-corrected chi connectivity index (χ1v) is 6.99. The van der Waals surface area contributed by atoms with E-state index < -0.39 is 4.92 Å². The van der Waals surface area contributed by atoms with Gasteiger partial charge in [0.1, 0.15) is 5.69 Å². The van der Waals surface area contributed by atoms with Gasteiger partial charge in [-0.3, -0.25) is 14.9 Å². The molecule has 0 heterocycles. The molecule has 1 amide bonds. The van der Waals surface area contributed by atoms with Crippen LogP contribution in [0.1, 0.15) is 21.5 Å². The largest absolute Gasteiger partial charge is 0.316 e.